The fourth-order valence-electron chi connectivity index (χ4n) is 1.16. The molecule has 1 aliphatic rings. The van der Waals surface area contributed by atoms with Gasteiger partial charge in [-0.3, -0.25) is 0 Å². The number of carbonyl (C=O) groups is 1. The summed E-state index contributed by atoms with van der Waals surface area (Å²) in [5.74, 6) is 0.712. The molecule has 0 aromatic carbocycles. The van der Waals surface area contributed by atoms with Crippen LogP contribution in [-0.2, 0) is 4.74 Å². The minimum atomic E-state index is -0.0935. The Kier molecular flexibility index (Phi) is 6.11. The molecule has 3 N–H and O–H groups in total. The maximum absolute atomic E-state index is 11.2. The zero-order valence-corrected chi connectivity index (χ0v) is 9.00. The number of nitrogens with one attached hydrogen (secondary N) is 2. The number of aliphatic hydroxyl groups is 1. The molecule has 15 heavy (non-hydrogen) atoms. The monoisotopic (exact) mass is 216 g/mol. The van der Waals surface area contributed by atoms with E-state index in [0.717, 1.165) is 13.0 Å². The minimum absolute atomic E-state index is 0.0509. The van der Waals surface area contributed by atoms with Crippen LogP contribution in [0.1, 0.15) is 19.3 Å². The fourth-order valence-corrected chi connectivity index (χ4v) is 1.16. The molecule has 0 spiro atoms. The van der Waals surface area contributed by atoms with E-state index in [1.54, 1.807) is 0 Å². The molecule has 0 saturated heterocycles. The van der Waals surface area contributed by atoms with Crippen molar-refractivity contribution in [3.63, 3.8) is 0 Å². The van der Waals surface area contributed by atoms with Crippen LogP contribution in [0.15, 0.2) is 0 Å². The number of ether oxygens (including phenoxy) is 1. The first-order valence-electron chi connectivity index (χ1n) is 5.53. The Labute approximate surface area is 90.2 Å². The highest BCUT2D eigenvalue weighted by Gasteiger charge is 2.21. The molecule has 5 nitrogen and oxygen atoms in total. The van der Waals surface area contributed by atoms with Crippen LogP contribution in [0.2, 0.25) is 0 Å². The van der Waals surface area contributed by atoms with Crippen molar-refractivity contribution >= 4 is 6.03 Å². The summed E-state index contributed by atoms with van der Waals surface area (Å²) in [5.41, 5.74) is 0. The lowest BCUT2D eigenvalue weighted by Crippen LogP contribution is -2.37. The fraction of sp³-hybridized carbons (Fsp3) is 0.900. The van der Waals surface area contributed by atoms with Crippen LogP contribution in [0.5, 0.6) is 0 Å². The van der Waals surface area contributed by atoms with Crippen molar-refractivity contribution in [2.75, 3.05) is 32.9 Å². The predicted molar refractivity (Wildman–Crippen MR) is 56.6 cm³/mol. The summed E-state index contributed by atoms with van der Waals surface area (Å²) in [6.07, 6.45) is 3.27. The first-order chi connectivity index (χ1) is 7.33. The molecule has 1 fully saturated rings. The van der Waals surface area contributed by atoms with E-state index in [-0.39, 0.29) is 12.6 Å². The Morgan fingerprint density at radius 2 is 2.13 bits per heavy atom. The maximum atomic E-state index is 11.2. The van der Waals surface area contributed by atoms with Gasteiger partial charge in [0, 0.05) is 19.7 Å². The van der Waals surface area contributed by atoms with Crippen molar-refractivity contribution in [1.82, 2.24) is 10.6 Å². The average molecular weight is 216 g/mol. The van der Waals surface area contributed by atoms with E-state index in [1.165, 1.54) is 12.8 Å². The van der Waals surface area contributed by atoms with Gasteiger partial charge in [0.2, 0.25) is 0 Å². The van der Waals surface area contributed by atoms with Crippen LogP contribution < -0.4 is 10.6 Å². The van der Waals surface area contributed by atoms with Gasteiger partial charge in [-0.25, -0.2) is 4.79 Å². The molecule has 0 radical (unpaired) electrons. The van der Waals surface area contributed by atoms with Crippen molar-refractivity contribution in [2.45, 2.75) is 19.3 Å². The highest BCUT2D eigenvalue weighted by molar-refractivity contribution is 5.73. The topological polar surface area (TPSA) is 70.6 Å². The molecule has 1 aliphatic carbocycles. The standard InChI is InChI=1S/C10H20N2O3/c13-5-7-15-6-1-4-11-10(14)12-8-9-2-3-9/h9,13H,1-8H2,(H2,11,12,14). The highest BCUT2D eigenvalue weighted by atomic mass is 16.5. The summed E-state index contributed by atoms with van der Waals surface area (Å²) >= 11 is 0. The normalized spacial score (nSPS) is 15.0. The summed E-state index contributed by atoms with van der Waals surface area (Å²) in [4.78, 5) is 11.2. The number of hydrogen-bond acceptors (Lipinski definition) is 3. The van der Waals surface area contributed by atoms with Crippen LogP contribution in [0.25, 0.3) is 0 Å². The second-order valence-electron chi connectivity index (χ2n) is 3.77. The third-order valence-electron chi connectivity index (χ3n) is 2.23. The molecule has 0 heterocycles. The highest BCUT2D eigenvalue weighted by Crippen LogP contribution is 2.27. The summed E-state index contributed by atoms with van der Waals surface area (Å²) in [6, 6.07) is -0.0935. The summed E-state index contributed by atoms with van der Waals surface area (Å²) in [7, 11) is 0. The van der Waals surface area contributed by atoms with Crippen LogP contribution in [0.4, 0.5) is 4.79 Å². The number of aliphatic hydroxyl groups excluding tert-OH is 1. The van der Waals surface area contributed by atoms with Crippen molar-refractivity contribution in [3.8, 4) is 0 Å². The van der Waals surface area contributed by atoms with Gasteiger partial charge in [0.25, 0.3) is 0 Å². The van der Waals surface area contributed by atoms with Gasteiger partial charge in [0.1, 0.15) is 0 Å². The van der Waals surface area contributed by atoms with E-state index < -0.39 is 0 Å². The molecule has 0 unspecified atom stereocenters. The molecule has 0 atom stereocenters. The molecular formula is C10H20N2O3. The van der Waals surface area contributed by atoms with Crippen LogP contribution in [0.3, 0.4) is 0 Å². The largest absolute Gasteiger partial charge is 0.394 e. The van der Waals surface area contributed by atoms with Gasteiger partial charge < -0.3 is 20.5 Å². The van der Waals surface area contributed by atoms with E-state index in [9.17, 15) is 4.79 Å². The van der Waals surface area contributed by atoms with Gasteiger partial charge in [-0.05, 0) is 25.2 Å². The molecule has 2 amide bonds. The first kappa shape index (κ1) is 12.3. The van der Waals surface area contributed by atoms with Gasteiger partial charge in [-0.15, -0.1) is 0 Å². The van der Waals surface area contributed by atoms with Gasteiger partial charge in [-0.1, -0.05) is 0 Å². The molecular weight excluding hydrogens is 196 g/mol. The first-order valence-corrected chi connectivity index (χ1v) is 5.53. The van der Waals surface area contributed by atoms with Crippen LogP contribution in [-0.4, -0.2) is 44.0 Å². The third-order valence-corrected chi connectivity index (χ3v) is 2.23. The van der Waals surface area contributed by atoms with E-state index in [1.807, 2.05) is 0 Å². The zero-order valence-electron chi connectivity index (χ0n) is 9.00. The van der Waals surface area contributed by atoms with E-state index in [4.69, 9.17) is 9.84 Å². The predicted octanol–water partition coefficient (Wildman–Crippen LogP) is 0.0946. The summed E-state index contributed by atoms with van der Waals surface area (Å²) in [5, 5.41) is 14.0. The SMILES string of the molecule is O=C(NCCCOCCO)NCC1CC1. The van der Waals surface area contributed by atoms with Crippen molar-refractivity contribution in [1.29, 1.82) is 0 Å². The second-order valence-corrected chi connectivity index (χ2v) is 3.77. The van der Waals surface area contributed by atoms with Crippen molar-refractivity contribution in [3.05, 3.63) is 0 Å². The molecule has 0 aromatic heterocycles. The number of amides is 2. The molecule has 0 bridgehead atoms. The molecule has 0 aromatic rings. The zero-order chi connectivity index (χ0) is 10.9. The molecule has 1 rings (SSSR count). The summed E-state index contributed by atoms with van der Waals surface area (Å²) < 4.78 is 5.05. The Hall–Kier alpha value is -0.810. The number of carbonyl (C=O) groups excluding carboxylic acids is 1. The Morgan fingerprint density at radius 1 is 1.33 bits per heavy atom. The lowest BCUT2D eigenvalue weighted by Gasteiger charge is -2.06. The molecule has 88 valence electrons. The van der Waals surface area contributed by atoms with Crippen molar-refractivity contribution in [2.24, 2.45) is 5.92 Å². The minimum Gasteiger partial charge on any atom is -0.394 e. The molecule has 5 heteroatoms. The second kappa shape index (κ2) is 7.48. The lowest BCUT2D eigenvalue weighted by molar-refractivity contribution is 0.0910. The number of hydrogen-bond donors (Lipinski definition) is 3. The van der Waals surface area contributed by atoms with E-state index >= 15 is 0 Å². The van der Waals surface area contributed by atoms with Crippen LogP contribution in [0, 0.1) is 5.92 Å². The van der Waals surface area contributed by atoms with Crippen molar-refractivity contribution < 1.29 is 14.6 Å². The maximum Gasteiger partial charge on any atom is 0.314 e. The smallest absolute Gasteiger partial charge is 0.314 e. The van der Waals surface area contributed by atoms with Gasteiger partial charge in [0.05, 0.1) is 13.2 Å². The Balaban J connectivity index is 1.79. The summed E-state index contributed by atoms with van der Waals surface area (Å²) in [6.45, 7) is 2.40. The lowest BCUT2D eigenvalue weighted by atomic mass is 10.4. The Bertz CT molecular complexity index is 184. The van der Waals surface area contributed by atoms with Crippen LogP contribution >= 0.6 is 0 Å². The van der Waals surface area contributed by atoms with Gasteiger partial charge >= 0.3 is 6.03 Å². The quantitative estimate of drug-likeness (QED) is 0.504. The van der Waals surface area contributed by atoms with E-state index in [0.29, 0.717) is 25.7 Å². The number of urea groups is 1. The Morgan fingerprint density at radius 3 is 2.80 bits per heavy atom. The van der Waals surface area contributed by atoms with E-state index in [2.05, 4.69) is 10.6 Å². The number of rotatable bonds is 8. The molecule has 0 aliphatic heterocycles. The average Bonchev–Trinajstić information content (AvgIpc) is 3.04. The van der Waals surface area contributed by atoms with Gasteiger partial charge in [-0.2, -0.15) is 0 Å². The van der Waals surface area contributed by atoms with Gasteiger partial charge in [0.15, 0.2) is 0 Å². The third kappa shape index (κ3) is 7.16. The molecule has 1 saturated carbocycles.